The van der Waals surface area contributed by atoms with Crippen molar-refractivity contribution in [2.75, 3.05) is 30.8 Å². The summed E-state index contributed by atoms with van der Waals surface area (Å²) in [5.41, 5.74) is 2.79. The Labute approximate surface area is 180 Å². The number of carbonyl (C=O) groups is 1. The van der Waals surface area contributed by atoms with E-state index in [1.807, 2.05) is 40.8 Å². The third-order valence-corrected chi connectivity index (χ3v) is 5.68. The second-order valence-electron chi connectivity index (χ2n) is 6.83. The molecule has 1 aromatic heterocycles. The Hall–Kier alpha value is -2.87. The third-order valence-electron chi connectivity index (χ3n) is 4.74. The summed E-state index contributed by atoms with van der Waals surface area (Å²) in [6, 6.07) is 14.8. The van der Waals surface area contributed by atoms with Crippen LogP contribution in [-0.4, -0.2) is 46.6 Å². The molecule has 158 valence electrons. The van der Waals surface area contributed by atoms with Gasteiger partial charge in [-0.15, -0.1) is 10.2 Å². The van der Waals surface area contributed by atoms with Crippen molar-refractivity contribution in [1.82, 2.24) is 20.1 Å². The zero-order chi connectivity index (χ0) is 21.3. The van der Waals surface area contributed by atoms with E-state index in [-0.39, 0.29) is 17.5 Å². The van der Waals surface area contributed by atoms with Crippen molar-refractivity contribution in [3.05, 3.63) is 66.2 Å². The number of rotatable bonds is 10. The van der Waals surface area contributed by atoms with E-state index in [1.165, 1.54) is 23.4 Å². The van der Waals surface area contributed by atoms with E-state index in [0.29, 0.717) is 23.9 Å². The molecule has 2 aromatic carbocycles. The van der Waals surface area contributed by atoms with E-state index in [0.717, 1.165) is 18.5 Å². The Morgan fingerprint density at radius 2 is 1.97 bits per heavy atom. The van der Waals surface area contributed by atoms with Crippen LogP contribution in [0.1, 0.15) is 18.9 Å². The summed E-state index contributed by atoms with van der Waals surface area (Å²) in [6.45, 7) is 3.28. The molecule has 0 bridgehead atoms. The van der Waals surface area contributed by atoms with Gasteiger partial charge in [0.05, 0.1) is 17.1 Å². The molecule has 0 aliphatic rings. The number of aryl methyl sites for hydroxylation is 1. The molecule has 1 heterocycles. The van der Waals surface area contributed by atoms with Crippen molar-refractivity contribution < 1.29 is 9.18 Å². The predicted octanol–water partition coefficient (Wildman–Crippen LogP) is 3.70. The monoisotopic (exact) mass is 427 g/mol. The summed E-state index contributed by atoms with van der Waals surface area (Å²) >= 11 is 1.36. The minimum atomic E-state index is -0.241. The van der Waals surface area contributed by atoms with Crippen LogP contribution in [0.5, 0.6) is 0 Å². The second kappa shape index (κ2) is 10.8. The molecule has 1 N–H and O–H groups in total. The molecule has 3 rings (SSSR count). The zero-order valence-corrected chi connectivity index (χ0v) is 18.0. The average Bonchev–Trinajstić information content (AvgIpc) is 3.24. The summed E-state index contributed by atoms with van der Waals surface area (Å²) in [5, 5.41) is 11.8. The maximum absolute atomic E-state index is 13.8. The molecule has 0 unspecified atom stereocenters. The van der Waals surface area contributed by atoms with E-state index in [9.17, 15) is 9.18 Å². The van der Waals surface area contributed by atoms with Crippen LogP contribution in [0.25, 0.3) is 5.69 Å². The van der Waals surface area contributed by atoms with Crippen molar-refractivity contribution in [3.8, 4) is 5.69 Å². The topological polar surface area (TPSA) is 63.1 Å². The SMILES string of the molecule is CCc1ccccc1-n1cnnc1SCC(=O)NCCCN(C)c1ccccc1F. The van der Waals surface area contributed by atoms with Gasteiger partial charge in [-0.1, -0.05) is 49.0 Å². The van der Waals surface area contributed by atoms with E-state index in [2.05, 4.69) is 28.5 Å². The molecule has 0 fully saturated rings. The van der Waals surface area contributed by atoms with E-state index < -0.39 is 0 Å². The molecule has 0 radical (unpaired) electrons. The summed E-state index contributed by atoms with van der Waals surface area (Å²) in [5.74, 6) is -0.0445. The number of anilines is 1. The molecule has 0 atom stereocenters. The van der Waals surface area contributed by atoms with Gasteiger partial charge in [0.15, 0.2) is 5.16 Å². The lowest BCUT2D eigenvalue weighted by atomic mass is 10.1. The molecule has 0 aliphatic carbocycles. The molecule has 30 heavy (non-hydrogen) atoms. The lowest BCUT2D eigenvalue weighted by Gasteiger charge is -2.19. The van der Waals surface area contributed by atoms with Crippen molar-refractivity contribution >= 4 is 23.4 Å². The van der Waals surface area contributed by atoms with E-state index in [4.69, 9.17) is 0 Å². The third kappa shape index (κ3) is 5.60. The van der Waals surface area contributed by atoms with Gasteiger partial charge in [-0.3, -0.25) is 9.36 Å². The Morgan fingerprint density at radius 3 is 2.77 bits per heavy atom. The van der Waals surface area contributed by atoms with Crippen molar-refractivity contribution in [1.29, 1.82) is 0 Å². The quantitative estimate of drug-likeness (QED) is 0.395. The number of thioether (sulfide) groups is 1. The number of benzene rings is 2. The molecular formula is C22H26FN5OS. The Morgan fingerprint density at radius 1 is 1.20 bits per heavy atom. The zero-order valence-electron chi connectivity index (χ0n) is 17.2. The minimum Gasteiger partial charge on any atom is -0.372 e. The summed E-state index contributed by atoms with van der Waals surface area (Å²) < 4.78 is 15.7. The molecular weight excluding hydrogens is 401 g/mol. The molecule has 0 saturated carbocycles. The fraction of sp³-hybridized carbons (Fsp3) is 0.318. The summed E-state index contributed by atoms with van der Waals surface area (Å²) in [6.07, 6.45) is 3.30. The van der Waals surface area contributed by atoms with Crippen molar-refractivity contribution in [2.24, 2.45) is 0 Å². The van der Waals surface area contributed by atoms with Crippen LogP contribution in [0, 0.1) is 5.82 Å². The predicted molar refractivity (Wildman–Crippen MR) is 119 cm³/mol. The standard InChI is InChI=1S/C22H26FN5OS/c1-3-17-9-4-6-11-19(17)28-16-25-26-22(28)30-15-21(29)24-13-8-14-27(2)20-12-7-5-10-18(20)23/h4-7,9-12,16H,3,8,13-15H2,1-2H3,(H,24,29). The molecule has 0 spiro atoms. The van der Waals surface area contributed by atoms with Gasteiger partial charge in [0.1, 0.15) is 12.1 Å². The average molecular weight is 428 g/mol. The maximum Gasteiger partial charge on any atom is 0.230 e. The first kappa shape index (κ1) is 21.8. The second-order valence-corrected chi connectivity index (χ2v) is 7.77. The van der Waals surface area contributed by atoms with Crippen LogP contribution < -0.4 is 10.2 Å². The highest BCUT2D eigenvalue weighted by Gasteiger charge is 2.12. The first-order chi connectivity index (χ1) is 14.6. The van der Waals surface area contributed by atoms with Crippen LogP contribution in [0.4, 0.5) is 10.1 Å². The highest BCUT2D eigenvalue weighted by Crippen LogP contribution is 2.22. The van der Waals surface area contributed by atoms with Crippen LogP contribution in [-0.2, 0) is 11.2 Å². The Kier molecular flexibility index (Phi) is 7.84. The number of hydrogen-bond acceptors (Lipinski definition) is 5. The fourth-order valence-electron chi connectivity index (χ4n) is 3.14. The van der Waals surface area contributed by atoms with Crippen LogP contribution >= 0.6 is 11.8 Å². The molecule has 3 aromatic rings. The largest absolute Gasteiger partial charge is 0.372 e. The number of halogens is 1. The summed E-state index contributed by atoms with van der Waals surface area (Å²) in [4.78, 5) is 14.1. The molecule has 1 amide bonds. The van der Waals surface area contributed by atoms with Gasteiger partial charge in [-0.2, -0.15) is 0 Å². The van der Waals surface area contributed by atoms with Crippen molar-refractivity contribution in [3.63, 3.8) is 0 Å². The van der Waals surface area contributed by atoms with Gasteiger partial charge in [0.2, 0.25) is 5.91 Å². The fourth-order valence-corrected chi connectivity index (χ4v) is 3.89. The van der Waals surface area contributed by atoms with Crippen LogP contribution in [0.15, 0.2) is 60.0 Å². The highest BCUT2D eigenvalue weighted by atomic mass is 32.2. The number of carbonyl (C=O) groups excluding carboxylic acids is 1. The van der Waals surface area contributed by atoms with E-state index in [1.54, 1.807) is 18.5 Å². The molecule has 0 aliphatic heterocycles. The number of amides is 1. The van der Waals surface area contributed by atoms with Gasteiger partial charge in [0, 0.05) is 20.1 Å². The first-order valence-electron chi connectivity index (χ1n) is 9.93. The first-order valence-corrected chi connectivity index (χ1v) is 10.9. The number of nitrogens with one attached hydrogen (secondary N) is 1. The van der Waals surface area contributed by atoms with Gasteiger partial charge in [-0.25, -0.2) is 4.39 Å². The van der Waals surface area contributed by atoms with Crippen LogP contribution in [0.3, 0.4) is 0 Å². The summed E-state index contributed by atoms with van der Waals surface area (Å²) in [7, 11) is 1.84. The minimum absolute atomic E-state index is 0.0631. The number of para-hydroxylation sites is 2. The lowest BCUT2D eigenvalue weighted by molar-refractivity contribution is -0.118. The number of hydrogen-bond donors (Lipinski definition) is 1. The number of nitrogens with zero attached hydrogens (tertiary/aromatic N) is 4. The lowest BCUT2D eigenvalue weighted by Crippen LogP contribution is -2.29. The van der Waals surface area contributed by atoms with Gasteiger partial charge in [-0.05, 0) is 36.6 Å². The van der Waals surface area contributed by atoms with Crippen LogP contribution in [0.2, 0.25) is 0 Å². The van der Waals surface area contributed by atoms with E-state index >= 15 is 0 Å². The van der Waals surface area contributed by atoms with Gasteiger partial charge >= 0.3 is 0 Å². The Bertz CT molecular complexity index is 977. The maximum atomic E-state index is 13.8. The highest BCUT2D eigenvalue weighted by molar-refractivity contribution is 7.99. The van der Waals surface area contributed by atoms with Gasteiger partial charge in [0.25, 0.3) is 0 Å². The molecule has 8 heteroatoms. The number of aromatic nitrogens is 3. The smallest absolute Gasteiger partial charge is 0.230 e. The van der Waals surface area contributed by atoms with Gasteiger partial charge < -0.3 is 10.2 Å². The Balaban J connectivity index is 1.45. The normalized spacial score (nSPS) is 10.8. The van der Waals surface area contributed by atoms with Crippen molar-refractivity contribution in [2.45, 2.75) is 24.9 Å². The molecule has 6 nitrogen and oxygen atoms in total. The molecule has 0 saturated heterocycles.